The Balaban J connectivity index is 1.14. The molecule has 3 unspecified atom stereocenters. The number of carbonyl (C=O) groups is 4. The first-order valence-corrected chi connectivity index (χ1v) is 24.1. The lowest BCUT2D eigenvalue weighted by Crippen LogP contribution is -2.72. The van der Waals surface area contributed by atoms with Gasteiger partial charge in [-0.15, -0.1) is 0 Å². The summed E-state index contributed by atoms with van der Waals surface area (Å²) in [5, 5.41) is 21.9. The fraction of sp³-hybridized carbons (Fsp3) is 0.527. The monoisotopic (exact) mass is 964 g/mol. The van der Waals surface area contributed by atoms with E-state index >= 15 is 4.79 Å². The molecule has 0 amide bonds. The molecule has 15 nitrogen and oxygen atoms in total. The summed E-state index contributed by atoms with van der Waals surface area (Å²) < 4.78 is 56.4. The average Bonchev–Trinajstić information content (AvgIpc) is 3.46. The Kier molecular flexibility index (Phi) is 12.5. The second-order valence-corrected chi connectivity index (χ2v) is 21.3. The summed E-state index contributed by atoms with van der Waals surface area (Å²) in [6.07, 6.45) is 7.47. The highest BCUT2D eigenvalue weighted by molar-refractivity contribution is 6.19. The van der Waals surface area contributed by atoms with Gasteiger partial charge >= 0.3 is 11.9 Å². The predicted octanol–water partition coefficient (Wildman–Crippen LogP) is 7.82. The topological polar surface area (TPSA) is 192 Å². The zero-order valence-electron chi connectivity index (χ0n) is 41.8. The Hall–Kier alpha value is -5.42. The van der Waals surface area contributed by atoms with Gasteiger partial charge in [0, 0.05) is 35.0 Å². The van der Waals surface area contributed by atoms with E-state index in [1.54, 1.807) is 32.9 Å². The Labute approximate surface area is 408 Å². The normalized spacial score (nSPS) is 32.7. The van der Waals surface area contributed by atoms with Crippen molar-refractivity contribution in [3.63, 3.8) is 0 Å². The Morgan fingerprint density at radius 1 is 0.900 bits per heavy atom. The molecule has 5 aliphatic heterocycles. The molecule has 3 saturated heterocycles. The number of esters is 2. The van der Waals surface area contributed by atoms with Gasteiger partial charge in [0.15, 0.2) is 34.3 Å². The van der Waals surface area contributed by atoms with Gasteiger partial charge in [0.05, 0.1) is 30.4 Å². The number of aliphatic hydroxyl groups is 2. The van der Waals surface area contributed by atoms with Crippen molar-refractivity contribution in [1.82, 2.24) is 0 Å². The zero-order chi connectivity index (χ0) is 50.5. The Bertz CT molecular complexity index is 2680. The van der Waals surface area contributed by atoms with Gasteiger partial charge in [0.1, 0.15) is 52.8 Å². The molecule has 15 heteroatoms. The molecule has 4 fully saturated rings. The lowest BCUT2D eigenvalue weighted by molar-refractivity contribution is -0.373. The van der Waals surface area contributed by atoms with E-state index in [0.717, 1.165) is 5.57 Å². The van der Waals surface area contributed by atoms with Gasteiger partial charge in [-0.3, -0.25) is 9.59 Å². The van der Waals surface area contributed by atoms with Crippen LogP contribution in [0.5, 0.6) is 23.0 Å². The summed E-state index contributed by atoms with van der Waals surface area (Å²) in [6, 6.07) is 5.95. The quantitative estimate of drug-likeness (QED) is 0.0905. The SMILES string of the molecule is COC(=O)C(C)=CCC12OC(C)(C)[C@H]3C[C@@H](C=C4C(=O)c5c(OC(=O)c6ccc(O[C@@H]7O[C@@H]8COC(C)(C)O[C@H]8[C@H](O)[C@H]7O)cc6)c6c(c(CC=C(C)C)c5OC431)OC(C)(CCC=C(C)C)C=C6)C2=O. The van der Waals surface area contributed by atoms with Crippen molar-refractivity contribution < 1.29 is 72.0 Å². The molecule has 2 aromatic rings. The van der Waals surface area contributed by atoms with Crippen molar-refractivity contribution in [2.75, 3.05) is 13.7 Å². The maximum atomic E-state index is 15.8. The third-order valence-electron chi connectivity index (χ3n) is 14.8. The lowest BCUT2D eigenvalue weighted by atomic mass is 9.51. The molecular weight excluding hydrogens is 901 g/mol. The molecular formula is C55H64O15. The summed E-state index contributed by atoms with van der Waals surface area (Å²) in [6.45, 7) is 18.9. The van der Waals surface area contributed by atoms with Crippen molar-refractivity contribution in [1.29, 1.82) is 0 Å². The molecule has 0 radical (unpaired) electrons. The van der Waals surface area contributed by atoms with Gasteiger partial charge in [0.2, 0.25) is 6.29 Å². The predicted molar refractivity (Wildman–Crippen MR) is 255 cm³/mol. The number of methoxy groups -OCH3 is 1. The number of hydrogen-bond acceptors (Lipinski definition) is 15. The smallest absolute Gasteiger partial charge is 0.343 e. The number of aliphatic hydroxyl groups excluding tert-OH is 2. The number of rotatable bonds is 12. The first-order valence-electron chi connectivity index (χ1n) is 24.1. The van der Waals surface area contributed by atoms with Gasteiger partial charge in [-0.05, 0) is 131 Å². The van der Waals surface area contributed by atoms with Crippen LogP contribution in [0.15, 0.2) is 76.9 Å². The van der Waals surface area contributed by atoms with Crippen molar-refractivity contribution in [3.8, 4) is 23.0 Å². The van der Waals surface area contributed by atoms with Crippen molar-refractivity contribution in [2.45, 2.75) is 160 Å². The van der Waals surface area contributed by atoms with E-state index in [4.69, 9.17) is 42.6 Å². The van der Waals surface area contributed by atoms with E-state index in [0.29, 0.717) is 36.1 Å². The molecule has 8 aliphatic rings. The minimum atomic E-state index is -1.71. The van der Waals surface area contributed by atoms with Crippen LogP contribution >= 0.6 is 0 Å². The summed E-state index contributed by atoms with van der Waals surface area (Å²) in [4.78, 5) is 57.9. The number of ether oxygens (including phenoxy) is 9. The highest BCUT2D eigenvalue weighted by atomic mass is 16.8. The van der Waals surface area contributed by atoms with Crippen molar-refractivity contribution >= 4 is 29.6 Å². The van der Waals surface area contributed by atoms with E-state index < -0.39 is 88.5 Å². The molecule has 0 aromatic heterocycles. The lowest BCUT2D eigenvalue weighted by Gasteiger charge is -2.56. The second kappa shape index (κ2) is 17.7. The van der Waals surface area contributed by atoms with Crippen LogP contribution in [0.3, 0.4) is 0 Å². The molecule has 10 atom stereocenters. The van der Waals surface area contributed by atoms with E-state index in [1.807, 2.05) is 66.7 Å². The van der Waals surface area contributed by atoms with Crippen molar-refractivity contribution in [2.24, 2.45) is 11.8 Å². The first kappa shape index (κ1) is 49.6. The Morgan fingerprint density at radius 2 is 1.61 bits per heavy atom. The Morgan fingerprint density at radius 3 is 2.30 bits per heavy atom. The van der Waals surface area contributed by atoms with Gasteiger partial charge < -0.3 is 52.8 Å². The summed E-state index contributed by atoms with van der Waals surface area (Å²) >= 11 is 0. The van der Waals surface area contributed by atoms with Gasteiger partial charge in [-0.1, -0.05) is 35.5 Å². The van der Waals surface area contributed by atoms with Crippen LogP contribution in [-0.4, -0.2) is 106 Å². The number of hydrogen-bond donors (Lipinski definition) is 2. The number of benzene rings is 2. The molecule has 1 spiro atoms. The molecule has 4 bridgehead atoms. The van der Waals surface area contributed by atoms with Crippen LogP contribution in [0.2, 0.25) is 0 Å². The molecule has 374 valence electrons. The van der Waals surface area contributed by atoms with Gasteiger partial charge in [0.25, 0.3) is 0 Å². The number of allylic oxidation sites excluding steroid dienone is 5. The number of carbonyl (C=O) groups excluding carboxylic acids is 4. The molecule has 1 saturated carbocycles. The fourth-order valence-corrected chi connectivity index (χ4v) is 11.3. The van der Waals surface area contributed by atoms with E-state index in [9.17, 15) is 24.6 Å². The molecule has 10 rings (SSSR count). The molecule has 70 heavy (non-hydrogen) atoms. The zero-order valence-corrected chi connectivity index (χ0v) is 41.8. The van der Waals surface area contributed by atoms with Gasteiger partial charge in [-0.2, -0.15) is 0 Å². The van der Waals surface area contributed by atoms with Gasteiger partial charge in [-0.25, -0.2) is 9.59 Å². The summed E-state index contributed by atoms with van der Waals surface area (Å²) in [7, 11) is 1.28. The third-order valence-corrected chi connectivity index (χ3v) is 14.8. The third kappa shape index (κ3) is 8.16. The maximum Gasteiger partial charge on any atom is 0.343 e. The number of fused-ring (bicyclic) bond motifs is 3. The standard InChI is InChI=1S/C55H64O15/c1-28(2)13-12-22-53(10)23-21-35-43(68-53)34(19-14-29(3)4)45-39(40(56)36-25-32-26-38-51(6,7)70-54(47(32)59,55(36,38)69-45)24-20-30(5)48(60)62-11)44(35)66-49(61)31-15-17-33(18-16-31)64-50-42(58)41(57)46-37(65-50)27-63-52(8,9)67-46/h13-18,20-21,23,25,32,37-38,41-42,46,50,57-58H,12,19,22,24,26-27H2,1-11H3/t32-,37-,38-,41-,42-,46-,50-,53?,54?,55?/m1/s1. The van der Waals surface area contributed by atoms with Crippen LogP contribution in [0.1, 0.15) is 127 Å². The minimum Gasteiger partial charge on any atom is -0.482 e. The van der Waals surface area contributed by atoms with Crippen LogP contribution < -0.4 is 18.9 Å². The van der Waals surface area contributed by atoms with E-state index in [1.165, 1.54) is 36.9 Å². The highest BCUT2D eigenvalue weighted by Crippen LogP contribution is 2.69. The summed E-state index contributed by atoms with van der Waals surface area (Å²) in [5.41, 5.74) is -1.46. The first-order chi connectivity index (χ1) is 32.9. The minimum absolute atomic E-state index is 0.00970. The van der Waals surface area contributed by atoms with Crippen molar-refractivity contribution in [3.05, 3.63) is 99.2 Å². The fourth-order valence-electron chi connectivity index (χ4n) is 11.3. The maximum absolute atomic E-state index is 15.8. The van der Waals surface area contributed by atoms with Crippen LogP contribution in [0.4, 0.5) is 0 Å². The molecule has 3 aliphatic carbocycles. The van der Waals surface area contributed by atoms with Crippen LogP contribution in [-0.2, 0) is 39.7 Å². The second-order valence-electron chi connectivity index (χ2n) is 21.3. The average molecular weight is 965 g/mol. The summed E-state index contributed by atoms with van der Waals surface area (Å²) in [5.74, 6) is -3.60. The molecule has 2 N–H and O–H groups in total. The van der Waals surface area contributed by atoms with Crippen LogP contribution in [0.25, 0.3) is 6.08 Å². The molecule has 5 heterocycles. The molecule has 2 aromatic carbocycles. The number of ketones is 2. The largest absolute Gasteiger partial charge is 0.482 e. The highest BCUT2D eigenvalue weighted by Gasteiger charge is 2.81. The van der Waals surface area contributed by atoms with E-state index in [2.05, 4.69) is 6.08 Å². The van der Waals surface area contributed by atoms with Crippen LogP contribution in [0, 0.1) is 11.8 Å². The van der Waals surface area contributed by atoms with E-state index in [-0.39, 0.29) is 64.8 Å². The number of Topliss-reactive ketones (excluding diaryl/α,β-unsaturated/α-hetero) is 2.